The number of carbonyl (C=O) groups excluding carboxylic acids is 1. The summed E-state index contributed by atoms with van der Waals surface area (Å²) in [6.45, 7) is 1.32. The van der Waals surface area contributed by atoms with Gasteiger partial charge >= 0.3 is 5.97 Å². The summed E-state index contributed by atoms with van der Waals surface area (Å²) in [4.78, 5) is 10.8. The predicted octanol–water partition coefficient (Wildman–Crippen LogP) is 2.90. The third-order valence-corrected chi connectivity index (χ3v) is 2.08. The van der Waals surface area contributed by atoms with Crippen molar-refractivity contribution in [2.75, 3.05) is 0 Å². The number of hydrogen-bond acceptors (Lipinski definition) is 2. The first-order valence-corrected chi connectivity index (χ1v) is 4.54. The van der Waals surface area contributed by atoms with E-state index in [2.05, 4.69) is 0 Å². The molecule has 0 bridgehead atoms. The van der Waals surface area contributed by atoms with Crippen molar-refractivity contribution >= 4 is 16.7 Å². The van der Waals surface area contributed by atoms with Crippen LogP contribution in [0.4, 0.5) is 4.39 Å². The summed E-state index contributed by atoms with van der Waals surface area (Å²) in [6.07, 6.45) is 0. The number of ether oxygens (including phenoxy) is 1. The van der Waals surface area contributed by atoms with E-state index in [4.69, 9.17) is 4.74 Å². The van der Waals surface area contributed by atoms with Crippen molar-refractivity contribution in [3.05, 3.63) is 42.2 Å². The summed E-state index contributed by atoms with van der Waals surface area (Å²) in [7, 11) is 0. The summed E-state index contributed by atoms with van der Waals surface area (Å²) in [5.74, 6) is -0.340. The molecule has 0 radical (unpaired) electrons. The van der Waals surface area contributed by atoms with Gasteiger partial charge in [0.25, 0.3) is 0 Å². The average molecular weight is 204 g/mol. The quantitative estimate of drug-likeness (QED) is 0.527. The average Bonchev–Trinajstić information content (AvgIpc) is 2.19. The van der Waals surface area contributed by atoms with Gasteiger partial charge in [0.1, 0.15) is 11.6 Å². The van der Waals surface area contributed by atoms with Gasteiger partial charge in [-0.25, -0.2) is 4.39 Å². The Morgan fingerprint density at radius 1 is 1.13 bits per heavy atom. The summed E-state index contributed by atoms with van der Waals surface area (Å²) in [6, 6.07) is 9.63. The number of carbonyl (C=O) groups is 1. The van der Waals surface area contributed by atoms with Gasteiger partial charge in [-0.2, -0.15) is 0 Å². The fourth-order valence-electron chi connectivity index (χ4n) is 1.49. The van der Waals surface area contributed by atoms with E-state index in [0.29, 0.717) is 16.5 Å². The lowest BCUT2D eigenvalue weighted by atomic mass is 10.1. The Kier molecular flexibility index (Phi) is 2.37. The Labute approximate surface area is 86.3 Å². The van der Waals surface area contributed by atoms with Gasteiger partial charge in [-0.15, -0.1) is 0 Å². The predicted molar refractivity (Wildman–Crippen MR) is 55.2 cm³/mol. The normalized spacial score (nSPS) is 10.3. The van der Waals surface area contributed by atoms with Gasteiger partial charge in [-0.1, -0.05) is 24.3 Å². The molecule has 2 nitrogen and oxygen atoms in total. The van der Waals surface area contributed by atoms with Crippen LogP contribution in [-0.4, -0.2) is 5.97 Å². The van der Waals surface area contributed by atoms with Gasteiger partial charge in [0.2, 0.25) is 0 Å². The smallest absolute Gasteiger partial charge is 0.308 e. The van der Waals surface area contributed by atoms with E-state index >= 15 is 0 Å². The molecule has 0 saturated carbocycles. The molecule has 0 aromatic heterocycles. The van der Waals surface area contributed by atoms with Crippen LogP contribution in [-0.2, 0) is 4.79 Å². The molecule has 0 N–H and O–H groups in total. The molecule has 2 aromatic carbocycles. The lowest BCUT2D eigenvalue weighted by Gasteiger charge is -2.05. The van der Waals surface area contributed by atoms with E-state index in [0.717, 1.165) is 0 Å². The number of halogens is 1. The summed E-state index contributed by atoms with van der Waals surface area (Å²) in [5.41, 5.74) is 0. The summed E-state index contributed by atoms with van der Waals surface area (Å²) >= 11 is 0. The van der Waals surface area contributed by atoms with Crippen LogP contribution in [0, 0.1) is 5.82 Å². The van der Waals surface area contributed by atoms with Gasteiger partial charge in [-0.3, -0.25) is 4.79 Å². The van der Waals surface area contributed by atoms with Crippen LogP contribution in [0.5, 0.6) is 5.75 Å². The summed E-state index contributed by atoms with van der Waals surface area (Å²) in [5, 5.41) is 1.06. The topological polar surface area (TPSA) is 26.3 Å². The maximum atomic E-state index is 13.4. The van der Waals surface area contributed by atoms with E-state index in [1.165, 1.54) is 13.0 Å². The molecule has 0 aliphatic rings. The monoisotopic (exact) mass is 204 g/mol. The minimum absolute atomic E-state index is 0.318. The Bertz CT molecular complexity index is 520. The first-order chi connectivity index (χ1) is 7.18. The largest absolute Gasteiger partial charge is 0.426 e. The highest BCUT2D eigenvalue weighted by molar-refractivity contribution is 5.90. The standard InChI is InChI=1S/C12H9FO2/c1-8(14)15-12-7-3-4-9-10(12)5-2-6-11(9)13/h2-7H,1H3. The van der Waals surface area contributed by atoms with Gasteiger partial charge in [0.05, 0.1) is 0 Å². The Balaban J connectivity index is 2.65. The Morgan fingerprint density at radius 3 is 2.53 bits per heavy atom. The fourth-order valence-corrected chi connectivity index (χ4v) is 1.49. The van der Waals surface area contributed by atoms with Gasteiger partial charge in [0.15, 0.2) is 0 Å². The van der Waals surface area contributed by atoms with Crippen molar-refractivity contribution in [2.24, 2.45) is 0 Å². The zero-order chi connectivity index (χ0) is 10.8. The van der Waals surface area contributed by atoms with Gasteiger partial charge in [-0.05, 0) is 12.1 Å². The van der Waals surface area contributed by atoms with Crippen molar-refractivity contribution in [3.8, 4) is 5.75 Å². The van der Waals surface area contributed by atoms with Crippen LogP contribution >= 0.6 is 0 Å². The molecule has 0 aliphatic carbocycles. The van der Waals surface area contributed by atoms with E-state index in [1.807, 2.05) is 0 Å². The number of rotatable bonds is 1. The van der Waals surface area contributed by atoms with Crippen molar-refractivity contribution in [1.29, 1.82) is 0 Å². The maximum absolute atomic E-state index is 13.4. The molecule has 3 heteroatoms. The SMILES string of the molecule is CC(=O)Oc1cccc2c(F)cccc12. The lowest BCUT2D eigenvalue weighted by Crippen LogP contribution is -2.01. The number of esters is 1. The first kappa shape index (κ1) is 9.65. The molecule has 2 rings (SSSR count). The maximum Gasteiger partial charge on any atom is 0.308 e. The molecule has 0 amide bonds. The van der Waals surface area contributed by atoms with E-state index in [-0.39, 0.29) is 5.82 Å². The van der Waals surface area contributed by atoms with Crippen molar-refractivity contribution in [3.63, 3.8) is 0 Å². The highest BCUT2D eigenvalue weighted by Crippen LogP contribution is 2.27. The molecule has 2 aromatic rings. The van der Waals surface area contributed by atoms with Crippen LogP contribution in [0.1, 0.15) is 6.92 Å². The molecule has 0 unspecified atom stereocenters. The van der Waals surface area contributed by atoms with Gasteiger partial charge in [0, 0.05) is 17.7 Å². The zero-order valence-corrected chi connectivity index (χ0v) is 8.16. The number of fused-ring (bicyclic) bond motifs is 1. The second-order valence-electron chi connectivity index (χ2n) is 3.18. The van der Waals surface area contributed by atoms with Crippen LogP contribution in [0.3, 0.4) is 0 Å². The van der Waals surface area contributed by atoms with E-state index in [9.17, 15) is 9.18 Å². The molecule has 15 heavy (non-hydrogen) atoms. The first-order valence-electron chi connectivity index (χ1n) is 4.54. The third-order valence-electron chi connectivity index (χ3n) is 2.08. The van der Waals surface area contributed by atoms with Crippen LogP contribution in [0.15, 0.2) is 36.4 Å². The van der Waals surface area contributed by atoms with Crippen molar-refractivity contribution < 1.29 is 13.9 Å². The number of benzene rings is 2. The second-order valence-corrected chi connectivity index (χ2v) is 3.18. The van der Waals surface area contributed by atoms with Crippen molar-refractivity contribution in [2.45, 2.75) is 6.92 Å². The van der Waals surface area contributed by atoms with E-state index in [1.54, 1.807) is 30.3 Å². The second kappa shape index (κ2) is 3.69. The van der Waals surface area contributed by atoms with Crippen molar-refractivity contribution in [1.82, 2.24) is 0 Å². The fraction of sp³-hybridized carbons (Fsp3) is 0.0833. The molecular weight excluding hydrogens is 195 g/mol. The van der Waals surface area contributed by atoms with Gasteiger partial charge < -0.3 is 4.74 Å². The Morgan fingerprint density at radius 2 is 1.80 bits per heavy atom. The van der Waals surface area contributed by atoms with E-state index < -0.39 is 5.97 Å². The Hall–Kier alpha value is -1.90. The summed E-state index contributed by atoms with van der Waals surface area (Å²) < 4.78 is 18.3. The molecule has 0 fully saturated rings. The molecule has 0 spiro atoms. The minimum atomic E-state index is -0.410. The van der Waals surface area contributed by atoms with Crippen LogP contribution < -0.4 is 4.74 Å². The minimum Gasteiger partial charge on any atom is -0.426 e. The number of hydrogen-bond donors (Lipinski definition) is 0. The molecule has 0 aliphatic heterocycles. The highest BCUT2D eigenvalue weighted by atomic mass is 19.1. The van der Waals surface area contributed by atoms with Crippen LogP contribution in [0.25, 0.3) is 10.8 Å². The lowest BCUT2D eigenvalue weighted by molar-refractivity contribution is -0.131. The zero-order valence-electron chi connectivity index (χ0n) is 8.16. The molecule has 76 valence electrons. The van der Waals surface area contributed by atoms with Crippen LogP contribution in [0.2, 0.25) is 0 Å². The molecular formula is C12H9FO2. The third kappa shape index (κ3) is 1.81. The highest BCUT2D eigenvalue weighted by Gasteiger charge is 2.06. The molecule has 0 saturated heterocycles. The molecule has 0 heterocycles. The molecule has 0 atom stereocenters.